The third-order valence-corrected chi connectivity index (χ3v) is 7.01. The molecular formula is C32H31FN4O2S. The molecule has 1 aliphatic rings. The van der Waals surface area contributed by atoms with Crippen molar-refractivity contribution in [1.29, 1.82) is 0 Å². The lowest BCUT2D eigenvalue weighted by molar-refractivity contribution is 0.0977. The summed E-state index contributed by atoms with van der Waals surface area (Å²) in [7, 11) is 0. The molecule has 0 unspecified atom stereocenters. The van der Waals surface area contributed by atoms with E-state index < -0.39 is 0 Å². The van der Waals surface area contributed by atoms with Crippen molar-refractivity contribution < 1.29 is 13.9 Å². The molecule has 204 valence electrons. The van der Waals surface area contributed by atoms with Crippen LogP contribution in [0.2, 0.25) is 0 Å². The molecular weight excluding hydrogens is 523 g/mol. The van der Waals surface area contributed by atoms with Gasteiger partial charge in [0.05, 0.1) is 0 Å². The zero-order valence-corrected chi connectivity index (χ0v) is 22.9. The number of hydrogen-bond acceptors (Lipinski definition) is 5. The van der Waals surface area contributed by atoms with E-state index >= 15 is 0 Å². The van der Waals surface area contributed by atoms with Gasteiger partial charge in [0.2, 0.25) is 0 Å². The number of carbonyl (C=O) groups is 1. The minimum absolute atomic E-state index is 0.149. The Labute approximate surface area is 239 Å². The fraction of sp³-hybridized carbons (Fsp3) is 0.188. The Hall–Kier alpha value is -4.27. The fourth-order valence-electron chi connectivity index (χ4n) is 4.57. The van der Waals surface area contributed by atoms with E-state index in [0.29, 0.717) is 24.5 Å². The molecule has 1 heterocycles. The van der Waals surface area contributed by atoms with E-state index in [9.17, 15) is 9.18 Å². The summed E-state index contributed by atoms with van der Waals surface area (Å²) in [5.41, 5.74) is 4.20. The summed E-state index contributed by atoms with van der Waals surface area (Å²) in [5.74, 6) is 0.244. The predicted molar refractivity (Wildman–Crippen MR) is 161 cm³/mol. The van der Waals surface area contributed by atoms with E-state index in [1.165, 1.54) is 6.07 Å². The Bertz CT molecular complexity index is 1420. The van der Waals surface area contributed by atoms with Crippen LogP contribution in [0.4, 0.5) is 15.8 Å². The van der Waals surface area contributed by atoms with E-state index in [2.05, 4.69) is 20.4 Å². The van der Waals surface area contributed by atoms with Gasteiger partial charge >= 0.3 is 0 Å². The minimum Gasteiger partial charge on any atom is -0.489 e. The normalized spacial score (nSPS) is 13.5. The van der Waals surface area contributed by atoms with Crippen molar-refractivity contribution >= 4 is 34.6 Å². The molecule has 0 atom stereocenters. The molecule has 40 heavy (non-hydrogen) atoms. The van der Waals surface area contributed by atoms with Crippen LogP contribution in [0, 0.1) is 5.82 Å². The largest absolute Gasteiger partial charge is 0.489 e. The highest BCUT2D eigenvalue weighted by atomic mass is 32.1. The van der Waals surface area contributed by atoms with E-state index in [4.69, 9.17) is 17.0 Å². The van der Waals surface area contributed by atoms with E-state index in [1.54, 1.807) is 30.3 Å². The monoisotopic (exact) mass is 554 g/mol. The lowest BCUT2D eigenvalue weighted by Crippen LogP contribution is -2.46. The van der Waals surface area contributed by atoms with Crippen LogP contribution in [-0.2, 0) is 13.2 Å². The van der Waals surface area contributed by atoms with Crippen molar-refractivity contribution in [3.63, 3.8) is 0 Å². The molecule has 0 radical (unpaired) electrons. The molecule has 0 aliphatic carbocycles. The van der Waals surface area contributed by atoms with E-state index in [1.807, 2.05) is 66.7 Å². The van der Waals surface area contributed by atoms with Crippen molar-refractivity contribution in [2.45, 2.75) is 13.2 Å². The van der Waals surface area contributed by atoms with Gasteiger partial charge < -0.3 is 15.0 Å². The molecule has 1 amide bonds. The van der Waals surface area contributed by atoms with Gasteiger partial charge in [0.1, 0.15) is 18.2 Å². The second-order valence-electron chi connectivity index (χ2n) is 9.61. The van der Waals surface area contributed by atoms with Gasteiger partial charge in [-0.25, -0.2) is 4.39 Å². The number of nitrogens with one attached hydrogen (secondary N) is 2. The molecule has 0 bridgehead atoms. The van der Waals surface area contributed by atoms with E-state index in [-0.39, 0.29) is 16.8 Å². The molecule has 2 N–H and O–H groups in total. The van der Waals surface area contributed by atoms with Crippen LogP contribution in [0.15, 0.2) is 103 Å². The molecule has 1 aliphatic heterocycles. The van der Waals surface area contributed by atoms with Crippen LogP contribution in [-0.4, -0.2) is 42.1 Å². The Morgan fingerprint density at radius 1 is 0.825 bits per heavy atom. The van der Waals surface area contributed by atoms with Crippen LogP contribution in [0.5, 0.6) is 5.75 Å². The first-order valence-corrected chi connectivity index (χ1v) is 13.6. The van der Waals surface area contributed by atoms with Crippen LogP contribution >= 0.6 is 12.2 Å². The summed E-state index contributed by atoms with van der Waals surface area (Å²) in [6.45, 7) is 4.55. The van der Waals surface area contributed by atoms with Crippen molar-refractivity contribution in [1.82, 2.24) is 10.2 Å². The van der Waals surface area contributed by atoms with Crippen molar-refractivity contribution in [3.8, 4) is 5.75 Å². The van der Waals surface area contributed by atoms with Crippen molar-refractivity contribution in [2.75, 3.05) is 36.4 Å². The Kier molecular flexibility index (Phi) is 9.00. The number of carbonyl (C=O) groups excluding carboxylic acids is 1. The standard InChI is InChI=1S/C32H31FN4O2S/c33-30-9-5-4-8-26(30)22-36-18-20-37(21-19-36)28-14-12-27(13-15-28)34-32(40)35-31(38)25-10-16-29(17-11-25)39-23-24-6-2-1-3-7-24/h1-17H,18-23H2,(H2,34,35,38,40). The Balaban J connectivity index is 1.06. The number of rotatable bonds is 8. The zero-order valence-electron chi connectivity index (χ0n) is 22.1. The maximum Gasteiger partial charge on any atom is 0.257 e. The summed E-state index contributed by atoms with van der Waals surface area (Å²) in [6, 6.07) is 31.8. The van der Waals surface area contributed by atoms with Crippen LogP contribution < -0.4 is 20.3 Å². The second kappa shape index (κ2) is 13.2. The highest BCUT2D eigenvalue weighted by Gasteiger charge is 2.18. The average molecular weight is 555 g/mol. The smallest absolute Gasteiger partial charge is 0.257 e. The zero-order chi connectivity index (χ0) is 27.7. The predicted octanol–water partition coefficient (Wildman–Crippen LogP) is 5.85. The summed E-state index contributed by atoms with van der Waals surface area (Å²) in [4.78, 5) is 17.2. The summed E-state index contributed by atoms with van der Waals surface area (Å²) < 4.78 is 19.8. The molecule has 6 nitrogen and oxygen atoms in total. The second-order valence-corrected chi connectivity index (χ2v) is 10.0. The number of benzene rings is 4. The van der Waals surface area contributed by atoms with Gasteiger partial charge in [-0.15, -0.1) is 0 Å². The molecule has 1 fully saturated rings. The highest BCUT2D eigenvalue weighted by Crippen LogP contribution is 2.21. The number of ether oxygens (including phenoxy) is 1. The van der Waals surface area contributed by atoms with Gasteiger partial charge in [-0.05, 0) is 72.4 Å². The molecule has 0 aromatic heterocycles. The van der Waals surface area contributed by atoms with Crippen LogP contribution in [0.3, 0.4) is 0 Å². The quantitative estimate of drug-likeness (QED) is 0.267. The van der Waals surface area contributed by atoms with Gasteiger partial charge in [-0.1, -0.05) is 48.5 Å². The molecule has 0 spiro atoms. The van der Waals surface area contributed by atoms with Crippen LogP contribution in [0.25, 0.3) is 0 Å². The Morgan fingerprint density at radius 2 is 1.50 bits per heavy atom. The fourth-order valence-corrected chi connectivity index (χ4v) is 4.78. The van der Waals surface area contributed by atoms with Crippen molar-refractivity contribution in [3.05, 3.63) is 126 Å². The molecule has 1 saturated heterocycles. The third kappa shape index (κ3) is 7.43. The molecule has 4 aromatic carbocycles. The van der Waals surface area contributed by atoms with Gasteiger partial charge in [-0.3, -0.25) is 15.0 Å². The number of thiocarbonyl (C=S) groups is 1. The number of halogens is 1. The highest BCUT2D eigenvalue weighted by molar-refractivity contribution is 7.80. The van der Waals surface area contributed by atoms with Gasteiger partial charge in [0, 0.05) is 55.2 Å². The lowest BCUT2D eigenvalue weighted by Gasteiger charge is -2.36. The number of piperazine rings is 1. The molecule has 4 aromatic rings. The van der Waals surface area contributed by atoms with Gasteiger partial charge in [0.25, 0.3) is 5.91 Å². The topological polar surface area (TPSA) is 56.8 Å². The van der Waals surface area contributed by atoms with Gasteiger partial charge in [0.15, 0.2) is 5.11 Å². The number of amides is 1. The maximum atomic E-state index is 14.0. The minimum atomic E-state index is -0.294. The van der Waals surface area contributed by atoms with E-state index in [0.717, 1.165) is 48.7 Å². The maximum absolute atomic E-state index is 14.0. The third-order valence-electron chi connectivity index (χ3n) is 6.81. The molecule has 5 rings (SSSR count). The Morgan fingerprint density at radius 3 is 2.20 bits per heavy atom. The number of anilines is 2. The first-order chi connectivity index (χ1) is 19.5. The van der Waals surface area contributed by atoms with Gasteiger partial charge in [-0.2, -0.15) is 0 Å². The number of nitrogens with zero attached hydrogens (tertiary/aromatic N) is 2. The first kappa shape index (κ1) is 27.3. The summed E-state index contributed by atoms with van der Waals surface area (Å²) in [6.07, 6.45) is 0. The summed E-state index contributed by atoms with van der Waals surface area (Å²) in [5, 5.41) is 6.03. The summed E-state index contributed by atoms with van der Waals surface area (Å²) >= 11 is 5.36. The lowest BCUT2D eigenvalue weighted by atomic mass is 10.1. The number of hydrogen-bond donors (Lipinski definition) is 2. The molecule has 8 heteroatoms. The average Bonchev–Trinajstić information content (AvgIpc) is 2.99. The van der Waals surface area contributed by atoms with Crippen LogP contribution in [0.1, 0.15) is 21.5 Å². The molecule has 0 saturated carbocycles. The SMILES string of the molecule is O=C(NC(=S)Nc1ccc(N2CCN(Cc3ccccc3F)CC2)cc1)c1ccc(OCc2ccccc2)cc1. The first-order valence-electron chi connectivity index (χ1n) is 13.2. The van der Waals surface area contributed by atoms with Crippen molar-refractivity contribution in [2.24, 2.45) is 0 Å².